The van der Waals surface area contributed by atoms with E-state index in [9.17, 15) is 5.11 Å². The first-order chi connectivity index (χ1) is 6.00. The van der Waals surface area contributed by atoms with Gasteiger partial charge in [-0.3, -0.25) is 0 Å². The van der Waals surface area contributed by atoms with Gasteiger partial charge in [-0.2, -0.15) is 0 Å². The van der Waals surface area contributed by atoms with Crippen LogP contribution in [-0.2, 0) is 5.60 Å². The molecule has 0 saturated carbocycles. The van der Waals surface area contributed by atoms with E-state index in [1.807, 2.05) is 6.92 Å². The molecule has 0 aliphatic rings. The largest absolute Gasteiger partial charge is 0.445 e. The van der Waals surface area contributed by atoms with Crippen molar-refractivity contribution in [1.82, 2.24) is 4.98 Å². The fourth-order valence-corrected chi connectivity index (χ4v) is 1.35. The molecule has 74 valence electrons. The van der Waals surface area contributed by atoms with Crippen LogP contribution in [0, 0.1) is 6.92 Å². The van der Waals surface area contributed by atoms with E-state index in [1.165, 1.54) is 6.39 Å². The number of hydrogen-bond donors (Lipinski definition) is 2. The number of aryl methyl sites for hydroxylation is 1. The molecule has 0 aliphatic heterocycles. The summed E-state index contributed by atoms with van der Waals surface area (Å²) in [4.78, 5) is 3.92. The zero-order chi connectivity index (χ0) is 10.1. The fraction of sp³-hybridized carbons (Fsp3) is 0.667. The van der Waals surface area contributed by atoms with Crippen LogP contribution in [0.2, 0.25) is 0 Å². The highest BCUT2D eigenvalue weighted by atomic mass is 16.4. The van der Waals surface area contributed by atoms with E-state index >= 15 is 0 Å². The van der Waals surface area contributed by atoms with Crippen LogP contribution in [0.1, 0.15) is 31.7 Å². The van der Waals surface area contributed by atoms with Gasteiger partial charge in [-0.05, 0) is 20.3 Å². The summed E-state index contributed by atoms with van der Waals surface area (Å²) in [6, 6.07) is -0.334. The minimum absolute atomic E-state index is 0.334. The zero-order valence-electron chi connectivity index (χ0n) is 8.24. The van der Waals surface area contributed by atoms with Crippen LogP contribution in [0.15, 0.2) is 10.8 Å². The number of nitrogens with zero attached hydrogens (tertiary/aromatic N) is 1. The molecule has 0 saturated heterocycles. The molecule has 2 atom stereocenters. The van der Waals surface area contributed by atoms with E-state index in [2.05, 4.69) is 4.98 Å². The van der Waals surface area contributed by atoms with Crippen molar-refractivity contribution in [2.24, 2.45) is 5.73 Å². The smallest absolute Gasteiger partial charge is 0.181 e. The van der Waals surface area contributed by atoms with Gasteiger partial charge in [0, 0.05) is 6.04 Å². The van der Waals surface area contributed by atoms with Crippen LogP contribution in [-0.4, -0.2) is 16.1 Å². The molecule has 4 nitrogen and oxygen atoms in total. The average molecular weight is 184 g/mol. The van der Waals surface area contributed by atoms with E-state index in [0.717, 1.165) is 0 Å². The van der Waals surface area contributed by atoms with Gasteiger partial charge in [0.2, 0.25) is 0 Å². The molecule has 0 amide bonds. The Labute approximate surface area is 77.8 Å². The van der Waals surface area contributed by atoms with Crippen molar-refractivity contribution in [3.8, 4) is 0 Å². The van der Waals surface area contributed by atoms with Crippen molar-refractivity contribution in [2.75, 3.05) is 0 Å². The maximum absolute atomic E-state index is 10.1. The van der Waals surface area contributed by atoms with Gasteiger partial charge in [-0.25, -0.2) is 4.98 Å². The molecule has 2 unspecified atom stereocenters. The number of oxazole rings is 1. The Morgan fingerprint density at radius 1 is 1.77 bits per heavy atom. The standard InChI is InChI=1S/C9H16N2O2/c1-4-7(10)9(3,12)8-6(2)11-5-13-8/h5,7,12H,4,10H2,1-3H3. The number of nitrogens with two attached hydrogens (primary N) is 1. The monoisotopic (exact) mass is 184 g/mol. The first-order valence-corrected chi connectivity index (χ1v) is 4.38. The molecule has 0 bridgehead atoms. The van der Waals surface area contributed by atoms with Crippen molar-refractivity contribution in [2.45, 2.75) is 38.8 Å². The van der Waals surface area contributed by atoms with Crippen LogP contribution in [0.3, 0.4) is 0 Å². The molecule has 13 heavy (non-hydrogen) atoms. The summed E-state index contributed by atoms with van der Waals surface area (Å²) in [5, 5.41) is 10.1. The quantitative estimate of drug-likeness (QED) is 0.733. The van der Waals surface area contributed by atoms with E-state index in [1.54, 1.807) is 13.8 Å². The lowest BCUT2D eigenvalue weighted by Gasteiger charge is -2.27. The molecule has 0 spiro atoms. The van der Waals surface area contributed by atoms with Gasteiger partial charge in [-0.1, -0.05) is 6.92 Å². The lowest BCUT2D eigenvalue weighted by molar-refractivity contribution is 0.00602. The Bertz CT molecular complexity index is 281. The summed E-state index contributed by atoms with van der Waals surface area (Å²) in [5.74, 6) is 0.460. The molecule has 3 N–H and O–H groups in total. The van der Waals surface area contributed by atoms with Crippen LogP contribution in [0.4, 0.5) is 0 Å². The second kappa shape index (κ2) is 3.47. The van der Waals surface area contributed by atoms with E-state index in [4.69, 9.17) is 10.2 Å². The Balaban J connectivity index is 2.99. The van der Waals surface area contributed by atoms with Gasteiger partial charge in [0.05, 0.1) is 5.69 Å². The van der Waals surface area contributed by atoms with Gasteiger partial charge < -0.3 is 15.3 Å². The highest BCUT2D eigenvalue weighted by molar-refractivity contribution is 5.15. The normalized spacial score (nSPS) is 18.2. The third kappa shape index (κ3) is 1.73. The molecule has 1 aromatic heterocycles. The van der Waals surface area contributed by atoms with Gasteiger partial charge in [0.25, 0.3) is 0 Å². The third-order valence-corrected chi connectivity index (χ3v) is 2.37. The summed E-state index contributed by atoms with van der Waals surface area (Å²) >= 11 is 0. The minimum atomic E-state index is -1.13. The summed E-state index contributed by atoms with van der Waals surface area (Å²) in [7, 11) is 0. The predicted molar refractivity (Wildman–Crippen MR) is 49.1 cm³/mol. The summed E-state index contributed by atoms with van der Waals surface area (Å²) in [6.07, 6.45) is 2.01. The zero-order valence-corrected chi connectivity index (χ0v) is 8.24. The summed E-state index contributed by atoms with van der Waals surface area (Å²) in [5.41, 5.74) is 5.33. The van der Waals surface area contributed by atoms with Crippen LogP contribution in [0.5, 0.6) is 0 Å². The van der Waals surface area contributed by atoms with Crippen LogP contribution >= 0.6 is 0 Å². The maximum atomic E-state index is 10.1. The SMILES string of the molecule is CCC(N)C(C)(O)c1ocnc1C. The number of hydrogen-bond acceptors (Lipinski definition) is 4. The first kappa shape index (κ1) is 10.2. The number of rotatable bonds is 3. The Morgan fingerprint density at radius 3 is 2.77 bits per heavy atom. The maximum Gasteiger partial charge on any atom is 0.181 e. The van der Waals surface area contributed by atoms with Crippen molar-refractivity contribution in [3.63, 3.8) is 0 Å². The van der Waals surface area contributed by atoms with E-state index in [0.29, 0.717) is 17.9 Å². The van der Waals surface area contributed by atoms with Crippen molar-refractivity contribution in [3.05, 3.63) is 17.8 Å². The topological polar surface area (TPSA) is 72.3 Å². The van der Waals surface area contributed by atoms with Crippen molar-refractivity contribution >= 4 is 0 Å². The lowest BCUT2D eigenvalue weighted by atomic mass is 9.91. The van der Waals surface area contributed by atoms with Crippen LogP contribution < -0.4 is 5.73 Å². The van der Waals surface area contributed by atoms with Crippen LogP contribution in [0.25, 0.3) is 0 Å². The molecule has 4 heteroatoms. The minimum Gasteiger partial charge on any atom is -0.445 e. The Kier molecular flexibility index (Phi) is 2.73. The molecule has 1 heterocycles. The van der Waals surface area contributed by atoms with Gasteiger partial charge in [0.1, 0.15) is 5.60 Å². The lowest BCUT2D eigenvalue weighted by Crippen LogP contribution is -2.42. The van der Waals surface area contributed by atoms with Crippen molar-refractivity contribution in [1.29, 1.82) is 0 Å². The number of aliphatic hydroxyl groups is 1. The molecular formula is C9H16N2O2. The third-order valence-electron chi connectivity index (χ3n) is 2.37. The Morgan fingerprint density at radius 2 is 2.38 bits per heavy atom. The average Bonchev–Trinajstić information content (AvgIpc) is 2.50. The van der Waals surface area contributed by atoms with Gasteiger partial charge >= 0.3 is 0 Å². The first-order valence-electron chi connectivity index (χ1n) is 4.38. The molecule has 0 radical (unpaired) electrons. The molecule has 0 aromatic carbocycles. The molecular weight excluding hydrogens is 168 g/mol. The van der Waals surface area contributed by atoms with Crippen molar-refractivity contribution < 1.29 is 9.52 Å². The fourth-order valence-electron chi connectivity index (χ4n) is 1.35. The molecule has 0 fully saturated rings. The van der Waals surface area contributed by atoms with Gasteiger partial charge in [-0.15, -0.1) is 0 Å². The predicted octanol–water partition coefficient (Wildman–Crippen LogP) is 0.928. The summed E-state index contributed by atoms with van der Waals surface area (Å²) in [6.45, 7) is 5.36. The van der Waals surface area contributed by atoms with E-state index in [-0.39, 0.29) is 6.04 Å². The van der Waals surface area contributed by atoms with E-state index < -0.39 is 5.60 Å². The molecule has 1 rings (SSSR count). The summed E-state index contributed by atoms with van der Waals surface area (Å²) < 4.78 is 5.11. The second-order valence-electron chi connectivity index (χ2n) is 3.43. The highest BCUT2D eigenvalue weighted by Crippen LogP contribution is 2.27. The highest BCUT2D eigenvalue weighted by Gasteiger charge is 2.34. The van der Waals surface area contributed by atoms with Gasteiger partial charge in [0.15, 0.2) is 12.2 Å². The number of aromatic nitrogens is 1. The molecule has 1 aromatic rings. The Hall–Kier alpha value is -0.870. The second-order valence-corrected chi connectivity index (χ2v) is 3.43. The molecule has 0 aliphatic carbocycles.